The van der Waals surface area contributed by atoms with Gasteiger partial charge in [0, 0.05) is 53.7 Å². The van der Waals surface area contributed by atoms with Gasteiger partial charge >= 0.3 is 0 Å². The molecule has 0 aliphatic heterocycles. The van der Waals surface area contributed by atoms with Crippen LogP contribution in [0.1, 0.15) is 0 Å². The molecule has 0 amide bonds. The molecular weight excluding hydrogens is 861 g/mol. The van der Waals surface area contributed by atoms with Crippen molar-refractivity contribution in [3.8, 4) is 51.0 Å². The second-order valence-corrected chi connectivity index (χ2v) is 18.9. The summed E-state index contributed by atoms with van der Waals surface area (Å²) in [4.78, 5) is 15.8. The molecule has 0 radical (unpaired) electrons. The molecule has 11 aromatic carbocycles. The third-order valence-electron chi connectivity index (χ3n) is 14.0. The molecule has 0 bridgehead atoms. The average molecular weight is 897 g/mol. The van der Waals surface area contributed by atoms with Gasteiger partial charge < -0.3 is 8.98 Å². The van der Waals surface area contributed by atoms with Gasteiger partial charge in [-0.05, 0) is 85.9 Å². The summed E-state index contributed by atoms with van der Waals surface area (Å²) in [7, 11) is 0. The van der Waals surface area contributed by atoms with E-state index in [9.17, 15) is 0 Å². The Morgan fingerprint density at radius 2 is 0.986 bits per heavy atom. The molecule has 0 aliphatic carbocycles. The van der Waals surface area contributed by atoms with Crippen molar-refractivity contribution < 1.29 is 4.42 Å². The molecule has 320 valence electrons. The second-order valence-electron chi connectivity index (χ2n) is 17.9. The Bertz CT molecular complexity index is 4620. The van der Waals surface area contributed by atoms with Crippen LogP contribution in [0.3, 0.4) is 0 Å². The topological polar surface area (TPSA) is 56.7 Å². The van der Waals surface area contributed by atoms with Crippen LogP contribution in [0.4, 0.5) is 0 Å². The molecule has 0 spiro atoms. The summed E-state index contributed by atoms with van der Waals surface area (Å²) in [6.45, 7) is 0. The lowest BCUT2D eigenvalue weighted by Gasteiger charge is -2.13. The molecule has 6 heteroatoms. The van der Waals surface area contributed by atoms with Crippen LogP contribution in [0.2, 0.25) is 0 Å². The number of para-hydroxylation sites is 1. The zero-order valence-corrected chi connectivity index (χ0v) is 37.7. The molecular formula is C63H36N4OS. The van der Waals surface area contributed by atoms with Crippen LogP contribution >= 0.6 is 11.3 Å². The lowest BCUT2D eigenvalue weighted by atomic mass is 9.94. The van der Waals surface area contributed by atoms with Gasteiger partial charge in [-0.2, -0.15) is 0 Å². The molecule has 15 rings (SSSR count). The minimum Gasteiger partial charge on any atom is -0.456 e. The Balaban J connectivity index is 0.966. The van der Waals surface area contributed by atoms with Crippen LogP contribution in [0.15, 0.2) is 223 Å². The number of fused-ring (bicyclic) bond motifs is 14. The van der Waals surface area contributed by atoms with Gasteiger partial charge in [0.1, 0.15) is 11.2 Å². The summed E-state index contributed by atoms with van der Waals surface area (Å²) in [6.07, 6.45) is 0. The number of aromatic nitrogens is 4. The summed E-state index contributed by atoms with van der Waals surface area (Å²) in [5, 5.41) is 14.2. The average Bonchev–Trinajstić information content (AvgIpc) is 4.10. The molecule has 0 fully saturated rings. The second kappa shape index (κ2) is 14.8. The Morgan fingerprint density at radius 3 is 1.86 bits per heavy atom. The van der Waals surface area contributed by atoms with E-state index in [1.165, 1.54) is 75.3 Å². The number of rotatable bonds is 5. The van der Waals surface area contributed by atoms with Gasteiger partial charge in [0.2, 0.25) is 0 Å². The molecule has 69 heavy (non-hydrogen) atoms. The summed E-state index contributed by atoms with van der Waals surface area (Å²) >= 11 is 1.82. The van der Waals surface area contributed by atoms with Gasteiger partial charge in [0.15, 0.2) is 17.5 Å². The Kier molecular flexibility index (Phi) is 8.17. The maximum Gasteiger partial charge on any atom is 0.164 e. The number of hydrogen-bond acceptors (Lipinski definition) is 5. The van der Waals surface area contributed by atoms with Crippen molar-refractivity contribution in [3.63, 3.8) is 0 Å². The highest BCUT2D eigenvalue weighted by Gasteiger charge is 2.23. The van der Waals surface area contributed by atoms with Gasteiger partial charge in [-0.3, -0.25) is 0 Å². The zero-order chi connectivity index (χ0) is 45.2. The van der Waals surface area contributed by atoms with Crippen LogP contribution in [0, 0.1) is 0 Å². The van der Waals surface area contributed by atoms with Crippen molar-refractivity contribution in [2.45, 2.75) is 0 Å². The fourth-order valence-electron chi connectivity index (χ4n) is 10.9. The number of benzene rings is 11. The zero-order valence-electron chi connectivity index (χ0n) is 36.9. The SMILES string of the molecule is c1ccc(-c2cc3c(c4ccccc24)c2c4ccccc4ccc2n3-c2cccc3c2sc2cc(-c4nc(-c5ccc6ccccc6c5)nc(-c5cccc6oc7ccccc7c56)n4)ccc23)cc1. The number of hydrogen-bond donors (Lipinski definition) is 0. The maximum atomic E-state index is 6.35. The first-order valence-corrected chi connectivity index (χ1v) is 24.1. The van der Waals surface area contributed by atoms with Crippen molar-refractivity contribution >= 4 is 108 Å². The lowest BCUT2D eigenvalue weighted by molar-refractivity contribution is 0.669. The Morgan fingerprint density at radius 1 is 0.348 bits per heavy atom. The maximum absolute atomic E-state index is 6.35. The van der Waals surface area contributed by atoms with E-state index in [2.05, 4.69) is 193 Å². The summed E-state index contributed by atoms with van der Waals surface area (Å²) in [5.74, 6) is 1.83. The minimum atomic E-state index is 0.598. The molecule has 5 nitrogen and oxygen atoms in total. The molecule has 0 atom stereocenters. The Labute approximate surface area is 398 Å². The third kappa shape index (κ3) is 5.79. The van der Waals surface area contributed by atoms with E-state index in [0.29, 0.717) is 17.5 Å². The molecule has 0 N–H and O–H groups in total. The van der Waals surface area contributed by atoms with Gasteiger partial charge in [0.25, 0.3) is 0 Å². The summed E-state index contributed by atoms with van der Waals surface area (Å²) in [5.41, 5.74) is 10.3. The highest BCUT2D eigenvalue weighted by atomic mass is 32.1. The van der Waals surface area contributed by atoms with E-state index in [1.807, 2.05) is 41.7 Å². The molecule has 0 aliphatic rings. The van der Waals surface area contributed by atoms with Crippen LogP contribution in [0.25, 0.3) is 147 Å². The molecule has 0 saturated carbocycles. The van der Waals surface area contributed by atoms with Crippen molar-refractivity contribution in [1.29, 1.82) is 0 Å². The largest absolute Gasteiger partial charge is 0.456 e. The first-order chi connectivity index (χ1) is 34.2. The van der Waals surface area contributed by atoms with E-state index in [1.54, 1.807) is 0 Å². The van der Waals surface area contributed by atoms with Gasteiger partial charge in [-0.15, -0.1) is 11.3 Å². The van der Waals surface area contributed by atoms with E-state index < -0.39 is 0 Å². The third-order valence-corrected chi connectivity index (χ3v) is 15.2. The first-order valence-electron chi connectivity index (χ1n) is 23.3. The smallest absolute Gasteiger partial charge is 0.164 e. The van der Waals surface area contributed by atoms with Crippen LogP contribution in [0.5, 0.6) is 0 Å². The molecule has 4 heterocycles. The number of thiophene rings is 1. The van der Waals surface area contributed by atoms with Crippen LogP contribution in [-0.2, 0) is 0 Å². The van der Waals surface area contributed by atoms with Crippen molar-refractivity contribution in [2.75, 3.05) is 0 Å². The fourth-order valence-corrected chi connectivity index (χ4v) is 12.1. The molecule has 0 saturated heterocycles. The van der Waals surface area contributed by atoms with Gasteiger partial charge in [-0.25, -0.2) is 15.0 Å². The predicted octanol–water partition coefficient (Wildman–Crippen LogP) is 17.4. The molecule has 0 unspecified atom stereocenters. The van der Waals surface area contributed by atoms with Crippen molar-refractivity contribution in [2.24, 2.45) is 0 Å². The standard InChI is InChI=1S/C63H36N4OS/c1-2-15-38(16-3-1)50-36-53-59(46-21-9-8-20-44(46)50)58-43-19-7-6-17-39(43)31-33-51(58)67(53)52-25-12-23-47-45-32-30-42(35-56(45)69-60(47)52)62-64-61(41-29-28-37-14-4-5-18-40(37)34-41)65-63(66-62)49-24-13-27-55-57(49)48-22-10-11-26-54(48)68-55/h1-36H. The monoisotopic (exact) mass is 896 g/mol. The lowest BCUT2D eigenvalue weighted by Crippen LogP contribution is -2.00. The van der Waals surface area contributed by atoms with E-state index in [4.69, 9.17) is 19.4 Å². The first kappa shape index (κ1) is 38.2. The quantitative estimate of drug-likeness (QED) is 0.173. The minimum absolute atomic E-state index is 0.598. The molecule has 15 aromatic rings. The highest BCUT2D eigenvalue weighted by Crippen LogP contribution is 2.47. The Hall–Kier alpha value is -8.97. The summed E-state index contributed by atoms with van der Waals surface area (Å²) < 4.78 is 11.2. The van der Waals surface area contributed by atoms with Crippen LogP contribution in [-0.4, -0.2) is 19.5 Å². The van der Waals surface area contributed by atoms with E-state index >= 15 is 0 Å². The highest BCUT2D eigenvalue weighted by molar-refractivity contribution is 7.26. The van der Waals surface area contributed by atoms with Gasteiger partial charge in [-0.1, -0.05) is 176 Å². The summed E-state index contributed by atoms with van der Waals surface area (Å²) in [6, 6.07) is 78.1. The van der Waals surface area contributed by atoms with E-state index in [0.717, 1.165) is 54.4 Å². The number of furan rings is 1. The van der Waals surface area contributed by atoms with E-state index in [-0.39, 0.29) is 0 Å². The number of nitrogens with zero attached hydrogens (tertiary/aromatic N) is 4. The normalized spacial score (nSPS) is 12.1. The fraction of sp³-hybridized carbons (Fsp3) is 0. The van der Waals surface area contributed by atoms with Crippen LogP contribution < -0.4 is 0 Å². The predicted molar refractivity (Wildman–Crippen MR) is 289 cm³/mol. The van der Waals surface area contributed by atoms with Gasteiger partial charge in [0.05, 0.1) is 21.4 Å². The molecule has 4 aromatic heterocycles. The van der Waals surface area contributed by atoms with Crippen molar-refractivity contribution in [3.05, 3.63) is 218 Å². The van der Waals surface area contributed by atoms with Crippen molar-refractivity contribution in [1.82, 2.24) is 19.5 Å².